The maximum absolute atomic E-state index is 13.0. The molecule has 2 aromatic carbocycles. The van der Waals surface area contributed by atoms with Crippen molar-refractivity contribution in [2.24, 2.45) is 0 Å². The van der Waals surface area contributed by atoms with Gasteiger partial charge in [-0.1, -0.05) is 29.1 Å². The second-order valence-corrected chi connectivity index (χ2v) is 7.14. The van der Waals surface area contributed by atoms with Gasteiger partial charge in [0.25, 0.3) is 0 Å². The van der Waals surface area contributed by atoms with Crippen LogP contribution in [0.2, 0.25) is 0 Å². The van der Waals surface area contributed by atoms with E-state index in [0.717, 1.165) is 17.7 Å². The number of aromatic nitrogens is 4. The van der Waals surface area contributed by atoms with Gasteiger partial charge in [-0.3, -0.25) is 0 Å². The van der Waals surface area contributed by atoms with Gasteiger partial charge in [0.1, 0.15) is 10.8 Å². The van der Waals surface area contributed by atoms with E-state index in [2.05, 4.69) is 20.3 Å². The van der Waals surface area contributed by atoms with Crippen LogP contribution in [0.5, 0.6) is 0 Å². The molecule has 2 aromatic heterocycles. The van der Waals surface area contributed by atoms with Gasteiger partial charge in [-0.05, 0) is 48.5 Å². The van der Waals surface area contributed by atoms with E-state index in [1.165, 1.54) is 36.0 Å². The Labute approximate surface area is 172 Å². The quantitative estimate of drug-likeness (QED) is 0.300. The summed E-state index contributed by atoms with van der Waals surface area (Å²) in [6.07, 6.45) is -4.45. The molecule has 0 aliphatic rings. The van der Waals surface area contributed by atoms with Crippen LogP contribution < -0.4 is 0 Å². The second kappa shape index (κ2) is 8.23. The summed E-state index contributed by atoms with van der Waals surface area (Å²) < 4.78 is 56.7. The zero-order valence-electron chi connectivity index (χ0n) is 15.1. The van der Waals surface area contributed by atoms with Crippen LogP contribution >= 0.6 is 11.8 Å². The molecule has 0 saturated carbocycles. The lowest BCUT2D eigenvalue weighted by molar-refractivity contribution is -0.137. The Kier molecular flexibility index (Phi) is 5.49. The highest BCUT2D eigenvalue weighted by Crippen LogP contribution is 2.31. The molecule has 0 aliphatic heterocycles. The van der Waals surface area contributed by atoms with E-state index in [9.17, 15) is 17.6 Å². The molecule has 0 unspecified atom stereocenters. The highest BCUT2D eigenvalue weighted by molar-refractivity contribution is 7.98. The maximum atomic E-state index is 13.0. The van der Waals surface area contributed by atoms with Gasteiger partial charge in [-0.25, -0.2) is 4.39 Å². The summed E-state index contributed by atoms with van der Waals surface area (Å²) in [6, 6.07) is 14.1. The van der Waals surface area contributed by atoms with E-state index in [1.807, 2.05) is 0 Å². The van der Waals surface area contributed by atoms with Gasteiger partial charge in [0, 0.05) is 11.1 Å². The number of thioether (sulfide) groups is 1. The Hall–Kier alpha value is -3.27. The minimum atomic E-state index is -4.45. The van der Waals surface area contributed by atoms with Crippen molar-refractivity contribution in [1.82, 2.24) is 20.3 Å². The van der Waals surface area contributed by atoms with Crippen LogP contribution in [-0.2, 0) is 11.9 Å². The van der Waals surface area contributed by atoms with Crippen molar-refractivity contribution in [2.75, 3.05) is 0 Å². The van der Waals surface area contributed by atoms with Crippen molar-refractivity contribution in [3.63, 3.8) is 0 Å². The number of nitrogens with zero attached hydrogens (tertiary/aromatic N) is 4. The molecule has 0 aliphatic carbocycles. The number of halogens is 4. The summed E-state index contributed by atoms with van der Waals surface area (Å²) in [6.45, 7) is 0. The van der Waals surface area contributed by atoms with Crippen LogP contribution in [-0.4, -0.2) is 20.3 Å². The summed E-state index contributed by atoms with van der Waals surface area (Å²) in [5, 5.41) is 12.6. The Morgan fingerprint density at radius 3 is 2.40 bits per heavy atom. The average Bonchev–Trinajstić information content (AvgIpc) is 3.22. The smallest absolute Gasteiger partial charge is 0.338 e. The van der Waals surface area contributed by atoms with Crippen molar-refractivity contribution >= 4 is 11.8 Å². The number of rotatable bonds is 5. The first-order chi connectivity index (χ1) is 14.4. The molecule has 0 radical (unpaired) electrons. The summed E-state index contributed by atoms with van der Waals surface area (Å²) in [7, 11) is 0. The molecule has 10 heteroatoms. The monoisotopic (exact) mass is 432 g/mol. The fourth-order valence-corrected chi connectivity index (χ4v) is 3.22. The molecule has 5 nitrogen and oxygen atoms in total. The van der Waals surface area contributed by atoms with Crippen molar-refractivity contribution < 1.29 is 22.1 Å². The first-order valence-corrected chi connectivity index (χ1v) is 9.60. The van der Waals surface area contributed by atoms with Crippen molar-refractivity contribution in [1.29, 1.82) is 0 Å². The van der Waals surface area contributed by atoms with Crippen molar-refractivity contribution in [3.8, 4) is 22.6 Å². The SMILES string of the molecule is Fc1ccc(-c2ccc(SCc3nc(-c4cccc(C(F)(F)F)c4)no3)nn2)cc1. The maximum Gasteiger partial charge on any atom is 0.416 e. The molecule has 0 saturated heterocycles. The number of hydrogen-bond acceptors (Lipinski definition) is 6. The molecule has 4 aromatic rings. The van der Waals surface area contributed by atoms with E-state index in [1.54, 1.807) is 24.3 Å². The zero-order valence-corrected chi connectivity index (χ0v) is 15.9. The van der Waals surface area contributed by atoms with Crippen LogP contribution in [0, 0.1) is 5.82 Å². The van der Waals surface area contributed by atoms with Crippen LogP contribution in [0.15, 0.2) is 70.2 Å². The van der Waals surface area contributed by atoms with Gasteiger partial charge in [0.2, 0.25) is 11.7 Å². The fourth-order valence-electron chi connectivity index (χ4n) is 2.57. The Bertz CT molecular complexity index is 1140. The minimum absolute atomic E-state index is 0.0782. The van der Waals surface area contributed by atoms with Gasteiger partial charge in [-0.15, -0.1) is 10.2 Å². The van der Waals surface area contributed by atoms with E-state index < -0.39 is 11.7 Å². The molecule has 30 heavy (non-hydrogen) atoms. The van der Waals surface area contributed by atoms with E-state index in [-0.39, 0.29) is 28.8 Å². The molecular formula is C20H12F4N4OS. The molecule has 0 N–H and O–H groups in total. The lowest BCUT2D eigenvalue weighted by Gasteiger charge is -2.06. The molecule has 0 amide bonds. The predicted octanol–water partition coefficient (Wildman–Crippen LogP) is 5.64. The number of benzene rings is 2. The van der Waals surface area contributed by atoms with Gasteiger partial charge in [0.15, 0.2) is 0 Å². The minimum Gasteiger partial charge on any atom is -0.338 e. The van der Waals surface area contributed by atoms with E-state index in [4.69, 9.17) is 4.52 Å². The summed E-state index contributed by atoms with van der Waals surface area (Å²) in [5.74, 6) is 0.269. The zero-order chi connectivity index (χ0) is 21.1. The first-order valence-electron chi connectivity index (χ1n) is 8.61. The Balaban J connectivity index is 1.42. The normalized spacial score (nSPS) is 11.6. The van der Waals surface area contributed by atoms with Crippen LogP contribution in [0.1, 0.15) is 11.5 Å². The predicted molar refractivity (Wildman–Crippen MR) is 102 cm³/mol. The van der Waals surface area contributed by atoms with E-state index in [0.29, 0.717) is 10.7 Å². The molecule has 0 atom stereocenters. The lowest BCUT2D eigenvalue weighted by Crippen LogP contribution is -2.04. The molecule has 0 bridgehead atoms. The van der Waals surface area contributed by atoms with Gasteiger partial charge < -0.3 is 4.52 Å². The average molecular weight is 432 g/mol. The van der Waals surface area contributed by atoms with Crippen LogP contribution in [0.3, 0.4) is 0 Å². The number of hydrogen-bond donors (Lipinski definition) is 0. The van der Waals surface area contributed by atoms with Gasteiger partial charge in [-0.2, -0.15) is 18.2 Å². The Morgan fingerprint density at radius 2 is 1.70 bits per heavy atom. The van der Waals surface area contributed by atoms with Gasteiger partial charge >= 0.3 is 6.18 Å². The third-order valence-electron chi connectivity index (χ3n) is 4.04. The summed E-state index contributed by atoms with van der Waals surface area (Å²) >= 11 is 1.29. The fraction of sp³-hybridized carbons (Fsp3) is 0.100. The van der Waals surface area contributed by atoms with Crippen molar-refractivity contribution in [2.45, 2.75) is 17.0 Å². The topological polar surface area (TPSA) is 64.7 Å². The van der Waals surface area contributed by atoms with Gasteiger partial charge in [0.05, 0.1) is 17.0 Å². The third kappa shape index (κ3) is 4.65. The second-order valence-electron chi connectivity index (χ2n) is 6.14. The van der Waals surface area contributed by atoms with E-state index >= 15 is 0 Å². The van der Waals surface area contributed by atoms with Crippen LogP contribution in [0.25, 0.3) is 22.6 Å². The molecule has 152 valence electrons. The standard InChI is InChI=1S/C20H12F4N4OS/c21-15-6-4-12(5-7-15)16-8-9-18(27-26-16)30-11-17-25-19(28-29-17)13-2-1-3-14(10-13)20(22,23)24/h1-10H,11H2. The third-order valence-corrected chi connectivity index (χ3v) is 4.94. The summed E-state index contributed by atoms with van der Waals surface area (Å²) in [4.78, 5) is 4.14. The molecule has 0 fully saturated rings. The first kappa shape index (κ1) is 20.0. The summed E-state index contributed by atoms with van der Waals surface area (Å²) in [5.41, 5.74) is 0.776. The lowest BCUT2D eigenvalue weighted by atomic mass is 10.1. The molecular weight excluding hydrogens is 420 g/mol. The molecule has 2 heterocycles. The highest BCUT2D eigenvalue weighted by atomic mass is 32.2. The Morgan fingerprint density at radius 1 is 0.900 bits per heavy atom. The molecule has 0 spiro atoms. The molecule has 4 rings (SSSR count). The number of alkyl halides is 3. The van der Waals surface area contributed by atoms with Crippen molar-refractivity contribution in [3.05, 3.63) is 77.9 Å². The van der Waals surface area contributed by atoms with Crippen LogP contribution in [0.4, 0.5) is 17.6 Å². The largest absolute Gasteiger partial charge is 0.416 e. The highest BCUT2D eigenvalue weighted by Gasteiger charge is 2.30.